The molecule has 0 heterocycles. The Balaban J connectivity index is 1.88. The molecule has 9 heteroatoms. The van der Waals surface area contributed by atoms with Crippen LogP contribution in [0.2, 0.25) is 10.0 Å². The van der Waals surface area contributed by atoms with Gasteiger partial charge in [-0.1, -0.05) is 96.0 Å². The fourth-order valence-electron chi connectivity index (χ4n) is 7.51. The van der Waals surface area contributed by atoms with Gasteiger partial charge < -0.3 is 19.6 Å². The van der Waals surface area contributed by atoms with Gasteiger partial charge in [0.05, 0.1) is 0 Å². The van der Waals surface area contributed by atoms with Crippen LogP contribution in [0.5, 0.6) is 0 Å². The first kappa shape index (κ1) is 39.7. The van der Waals surface area contributed by atoms with Crippen LogP contribution in [0.15, 0.2) is 146 Å². The Morgan fingerprint density at radius 2 is 0.491 bits per heavy atom. The highest BCUT2D eigenvalue weighted by Crippen LogP contribution is 2.57. The van der Waals surface area contributed by atoms with Crippen molar-refractivity contribution in [3.63, 3.8) is 0 Å². The molecule has 0 saturated carbocycles. The Morgan fingerprint density at radius 3 is 0.655 bits per heavy atom. The molecule has 0 atom stereocenters. The minimum Gasteiger partial charge on any atom is -0.378 e. The molecule has 0 saturated heterocycles. The Bertz CT molecular complexity index is 2060. The Hall–Kier alpha value is -4.95. The minimum atomic E-state index is -4.60. The zero-order chi connectivity index (χ0) is 39.7. The summed E-state index contributed by atoms with van der Waals surface area (Å²) in [4.78, 5) is 8.02. The SMILES string of the molecule is CN(C)c1ccc(C(c2ccc(Cl)cc2)(c2ccc(N(C)C)cc2)S(=O)(=O)C(c2ccc(Cl)cc2)(c2ccc(N(C)C)cc2)c2ccc(N(C)C)cc2)cc1. The quantitative estimate of drug-likeness (QED) is 0.115. The zero-order valence-corrected chi connectivity index (χ0v) is 35.0. The van der Waals surface area contributed by atoms with Crippen molar-refractivity contribution in [1.29, 1.82) is 0 Å². The number of anilines is 4. The third kappa shape index (κ3) is 6.94. The van der Waals surface area contributed by atoms with Crippen LogP contribution in [0.3, 0.4) is 0 Å². The number of benzene rings is 6. The average Bonchev–Trinajstić information content (AvgIpc) is 3.17. The highest BCUT2D eigenvalue weighted by Gasteiger charge is 2.61. The highest BCUT2D eigenvalue weighted by molar-refractivity contribution is 7.94. The van der Waals surface area contributed by atoms with Crippen molar-refractivity contribution in [2.24, 2.45) is 0 Å². The smallest absolute Gasteiger partial charge is 0.186 e. The lowest BCUT2D eigenvalue weighted by molar-refractivity contribution is 0.547. The van der Waals surface area contributed by atoms with E-state index in [-0.39, 0.29) is 0 Å². The van der Waals surface area contributed by atoms with Gasteiger partial charge in [0.2, 0.25) is 0 Å². The maximum Gasteiger partial charge on any atom is 0.186 e. The van der Waals surface area contributed by atoms with Crippen LogP contribution < -0.4 is 19.6 Å². The average molecular weight is 792 g/mol. The van der Waals surface area contributed by atoms with Crippen LogP contribution in [-0.4, -0.2) is 64.8 Å². The van der Waals surface area contributed by atoms with E-state index in [2.05, 4.69) is 0 Å². The first-order valence-corrected chi connectivity index (χ1v) is 20.3. The lowest BCUT2D eigenvalue weighted by Gasteiger charge is -2.45. The molecule has 0 fully saturated rings. The summed E-state index contributed by atoms with van der Waals surface area (Å²) in [6.07, 6.45) is 0. The van der Waals surface area contributed by atoms with Crippen LogP contribution in [0.4, 0.5) is 22.7 Å². The fourth-order valence-corrected chi connectivity index (χ4v) is 10.9. The lowest BCUT2D eigenvalue weighted by atomic mass is 9.82. The van der Waals surface area contributed by atoms with Gasteiger partial charge in [-0.25, -0.2) is 8.42 Å². The molecule has 0 amide bonds. The van der Waals surface area contributed by atoms with E-state index < -0.39 is 19.3 Å². The van der Waals surface area contributed by atoms with Crippen LogP contribution in [0, 0.1) is 0 Å². The summed E-state index contributed by atoms with van der Waals surface area (Å²) >= 11 is 13.1. The van der Waals surface area contributed by atoms with Gasteiger partial charge in [0, 0.05) is 89.2 Å². The fraction of sp³-hybridized carbons (Fsp3) is 0.217. The van der Waals surface area contributed by atoms with E-state index >= 15 is 8.42 Å². The predicted octanol–water partition coefficient (Wildman–Crippen LogP) is 9.96. The number of sulfone groups is 1. The van der Waals surface area contributed by atoms with Crippen molar-refractivity contribution in [1.82, 2.24) is 0 Å². The third-order valence-corrected chi connectivity index (χ3v) is 14.0. The molecule has 0 N–H and O–H groups in total. The molecule has 0 spiro atoms. The summed E-state index contributed by atoms with van der Waals surface area (Å²) in [5.74, 6) is 0. The molecule has 0 aliphatic carbocycles. The van der Waals surface area contributed by atoms with Crippen molar-refractivity contribution < 1.29 is 8.42 Å². The minimum absolute atomic E-state index is 0.503. The van der Waals surface area contributed by atoms with Crippen molar-refractivity contribution in [3.8, 4) is 0 Å². The van der Waals surface area contributed by atoms with Crippen molar-refractivity contribution in [2.75, 3.05) is 76.0 Å². The number of rotatable bonds is 12. The maximum atomic E-state index is 17.4. The van der Waals surface area contributed by atoms with Crippen molar-refractivity contribution in [2.45, 2.75) is 9.49 Å². The molecule has 6 rings (SSSR count). The second-order valence-corrected chi connectivity index (χ2v) is 17.7. The molecule has 0 aromatic heterocycles. The largest absolute Gasteiger partial charge is 0.378 e. The predicted molar refractivity (Wildman–Crippen MR) is 235 cm³/mol. The Labute approximate surface area is 337 Å². The molecular weight excluding hydrogens is 744 g/mol. The molecule has 0 unspecified atom stereocenters. The van der Waals surface area contributed by atoms with E-state index in [0.717, 1.165) is 22.7 Å². The summed E-state index contributed by atoms with van der Waals surface area (Å²) in [7, 11) is 11.2. The maximum absolute atomic E-state index is 17.4. The van der Waals surface area contributed by atoms with Gasteiger partial charge in [-0.3, -0.25) is 0 Å². The van der Waals surface area contributed by atoms with Crippen LogP contribution in [-0.2, 0) is 19.3 Å². The van der Waals surface area contributed by atoms with E-state index in [1.165, 1.54) is 0 Å². The summed E-state index contributed by atoms with van der Waals surface area (Å²) in [5.41, 5.74) is 7.23. The normalized spacial score (nSPS) is 12.0. The van der Waals surface area contributed by atoms with E-state index in [4.69, 9.17) is 23.2 Å². The molecule has 0 aliphatic rings. The van der Waals surface area contributed by atoms with Crippen LogP contribution in [0.1, 0.15) is 33.4 Å². The van der Waals surface area contributed by atoms with E-state index in [9.17, 15) is 0 Å². The molecule has 0 radical (unpaired) electrons. The van der Waals surface area contributed by atoms with Gasteiger partial charge >= 0.3 is 0 Å². The van der Waals surface area contributed by atoms with Crippen LogP contribution >= 0.6 is 23.2 Å². The second-order valence-electron chi connectivity index (χ2n) is 14.6. The first-order chi connectivity index (χ1) is 26.1. The van der Waals surface area contributed by atoms with Gasteiger partial charge in [0.15, 0.2) is 9.84 Å². The molecule has 55 heavy (non-hydrogen) atoms. The Kier molecular flexibility index (Phi) is 11.3. The number of halogens is 2. The number of hydrogen-bond donors (Lipinski definition) is 0. The van der Waals surface area contributed by atoms with Gasteiger partial charge in [0.25, 0.3) is 0 Å². The molecule has 6 aromatic rings. The topological polar surface area (TPSA) is 47.1 Å². The number of nitrogens with zero attached hydrogens (tertiary/aromatic N) is 4. The van der Waals surface area contributed by atoms with Crippen molar-refractivity contribution >= 4 is 55.8 Å². The second kappa shape index (κ2) is 15.7. The van der Waals surface area contributed by atoms with Gasteiger partial charge in [-0.2, -0.15) is 0 Å². The Morgan fingerprint density at radius 1 is 0.327 bits per heavy atom. The zero-order valence-electron chi connectivity index (χ0n) is 32.6. The van der Waals surface area contributed by atoms with Gasteiger partial charge in [0.1, 0.15) is 9.49 Å². The first-order valence-electron chi connectivity index (χ1n) is 18.0. The molecule has 6 aromatic carbocycles. The van der Waals surface area contributed by atoms with E-state index in [0.29, 0.717) is 43.4 Å². The summed E-state index contributed by atoms with van der Waals surface area (Å²) in [6.45, 7) is 0. The molecule has 0 bridgehead atoms. The van der Waals surface area contributed by atoms with Gasteiger partial charge in [-0.05, 0) is 106 Å². The molecule has 6 nitrogen and oxygen atoms in total. The lowest BCUT2D eigenvalue weighted by Crippen LogP contribution is -2.51. The third-order valence-electron chi connectivity index (χ3n) is 10.5. The molecule has 0 aliphatic heterocycles. The van der Waals surface area contributed by atoms with Crippen molar-refractivity contribution in [3.05, 3.63) is 189 Å². The monoisotopic (exact) mass is 790 g/mol. The molecular formula is C46H48Cl2N4O2S. The van der Waals surface area contributed by atoms with E-state index in [1.54, 1.807) is 24.3 Å². The summed E-state index contributed by atoms with van der Waals surface area (Å²) in [5, 5.41) is 1.01. The van der Waals surface area contributed by atoms with Gasteiger partial charge in [-0.15, -0.1) is 0 Å². The number of hydrogen-bond acceptors (Lipinski definition) is 6. The standard InChI is InChI=1S/C46H48Cl2N4O2S/c1-49(2)41-25-13-35(14-26-41)45(33-9-21-39(47)22-10-33,36-15-27-42(28-16-36)50(3)4)55(53,54)46(34-11-23-40(48)24-12-34,37-17-29-43(30-18-37)51(5)6)38-19-31-44(32-20-38)52(7)8/h9-32H,1-8H3. The van der Waals surface area contributed by atoms with Crippen LogP contribution in [0.25, 0.3) is 0 Å². The summed E-state index contributed by atoms with van der Waals surface area (Å²) < 4.78 is 31.3. The summed E-state index contributed by atoms with van der Waals surface area (Å²) in [6, 6.07) is 45.8. The highest BCUT2D eigenvalue weighted by atomic mass is 35.5. The van der Waals surface area contributed by atoms with E-state index in [1.807, 2.05) is 197 Å². The molecule has 284 valence electrons.